The summed E-state index contributed by atoms with van der Waals surface area (Å²) >= 11 is 0. The highest BCUT2D eigenvalue weighted by atomic mass is 15.2. The quantitative estimate of drug-likeness (QED) is 0.800. The molecule has 0 saturated heterocycles. The third-order valence-corrected chi connectivity index (χ3v) is 2.78. The summed E-state index contributed by atoms with van der Waals surface area (Å²) in [5.74, 6) is 0.953. The maximum absolute atomic E-state index is 4.24. The first-order valence-electron chi connectivity index (χ1n) is 5.75. The maximum atomic E-state index is 4.24. The normalized spacial score (nSPS) is 15.1. The molecule has 1 aromatic rings. The monoisotopic (exact) mass is 205 g/mol. The predicted molar refractivity (Wildman–Crippen MR) is 64.4 cm³/mol. The molecule has 1 N–H and O–H groups in total. The molecule has 0 unspecified atom stereocenters. The minimum atomic E-state index is 0.775. The highest BCUT2D eigenvalue weighted by molar-refractivity contribution is 5.55. The van der Waals surface area contributed by atoms with E-state index in [2.05, 4.69) is 34.3 Å². The van der Waals surface area contributed by atoms with E-state index in [0.717, 1.165) is 18.4 Å². The maximum Gasteiger partial charge on any atom is 0.127 e. The van der Waals surface area contributed by atoms with Gasteiger partial charge in [0.25, 0.3) is 0 Å². The fourth-order valence-electron chi connectivity index (χ4n) is 1.88. The van der Waals surface area contributed by atoms with Gasteiger partial charge in [-0.2, -0.15) is 0 Å². The molecule has 0 spiro atoms. The minimum absolute atomic E-state index is 0.775. The van der Waals surface area contributed by atoms with Gasteiger partial charge in [0.1, 0.15) is 5.82 Å². The zero-order chi connectivity index (χ0) is 10.7. The van der Waals surface area contributed by atoms with Crippen molar-refractivity contribution in [3.8, 4) is 0 Å². The van der Waals surface area contributed by atoms with Crippen molar-refractivity contribution in [2.75, 3.05) is 23.8 Å². The van der Waals surface area contributed by atoms with Crippen molar-refractivity contribution in [3.05, 3.63) is 18.3 Å². The molecular weight excluding hydrogens is 186 g/mol. The molecule has 1 saturated carbocycles. The Kier molecular flexibility index (Phi) is 3.09. The van der Waals surface area contributed by atoms with Gasteiger partial charge in [0, 0.05) is 37.6 Å². The van der Waals surface area contributed by atoms with E-state index < -0.39 is 0 Å². The molecule has 1 aliphatic carbocycles. The SMILES string of the molecule is CCCN(c1ccnc(NC)c1)C1CC1. The summed E-state index contributed by atoms with van der Waals surface area (Å²) in [6, 6.07) is 5.01. The summed E-state index contributed by atoms with van der Waals surface area (Å²) in [6.45, 7) is 3.38. The third kappa shape index (κ3) is 2.41. The van der Waals surface area contributed by atoms with Gasteiger partial charge in [0.15, 0.2) is 0 Å². The van der Waals surface area contributed by atoms with Gasteiger partial charge in [-0.25, -0.2) is 4.98 Å². The Bertz CT molecular complexity index is 320. The van der Waals surface area contributed by atoms with Crippen LogP contribution in [0.3, 0.4) is 0 Å². The molecule has 1 aliphatic rings. The summed E-state index contributed by atoms with van der Waals surface area (Å²) in [6.07, 6.45) is 5.77. The number of aromatic nitrogens is 1. The van der Waals surface area contributed by atoms with Gasteiger partial charge in [-0.15, -0.1) is 0 Å². The van der Waals surface area contributed by atoms with Crippen LogP contribution in [0.15, 0.2) is 18.3 Å². The van der Waals surface area contributed by atoms with E-state index in [1.165, 1.54) is 24.9 Å². The van der Waals surface area contributed by atoms with Gasteiger partial charge in [-0.05, 0) is 25.3 Å². The Morgan fingerprint density at radius 2 is 2.33 bits per heavy atom. The number of pyridine rings is 1. The average Bonchev–Trinajstić information content (AvgIpc) is 3.10. The van der Waals surface area contributed by atoms with Crippen molar-refractivity contribution < 1.29 is 0 Å². The molecule has 15 heavy (non-hydrogen) atoms. The van der Waals surface area contributed by atoms with E-state index in [4.69, 9.17) is 0 Å². The zero-order valence-electron chi connectivity index (χ0n) is 9.53. The summed E-state index contributed by atoms with van der Waals surface area (Å²) in [5.41, 5.74) is 1.30. The number of nitrogens with one attached hydrogen (secondary N) is 1. The lowest BCUT2D eigenvalue weighted by molar-refractivity contribution is 0.762. The van der Waals surface area contributed by atoms with Crippen LogP contribution in [-0.4, -0.2) is 24.6 Å². The van der Waals surface area contributed by atoms with Gasteiger partial charge in [-0.1, -0.05) is 6.92 Å². The molecule has 82 valence electrons. The summed E-state index contributed by atoms with van der Waals surface area (Å²) in [7, 11) is 1.91. The van der Waals surface area contributed by atoms with Crippen LogP contribution in [0.2, 0.25) is 0 Å². The molecule has 3 nitrogen and oxygen atoms in total. The van der Waals surface area contributed by atoms with Crippen molar-refractivity contribution in [1.82, 2.24) is 4.98 Å². The molecule has 3 heteroatoms. The predicted octanol–water partition coefficient (Wildman–Crippen LogP) is 2.50. The average molecular weight is 205 g/mol. The van der Waals surface area contributed by atoms with Crippen molar-refractivity contribution in [2.24, 2.45) is 0 Å². The van der Waals surface area contributed by atoms with Crippen LogP contribution in [-0.2, 0) is 0 Å². The first kappa shape index (κ1) is 10.3. The molecule has 0 aliphatic heterocycles. The molecule has 1 fully saturated rings. The molecule has 2 rings (SSSR count). The first-order chi connectivity index (χ1) is 7.35. The standard InChI is InChI=1S/C12H19N3/c1-3-8-15(10-4-5-10)11-6-7-14-12(9-11)13-2/h6-7,9-10H,3-5,8H2,1-2H3,(H,13,14). The molecule has 0 atom stereocenters. The number of rotatable bonds is 5. The van der Waals surface area contributed by atoms with E-state index in [1.54, 1.807) is 0 Å². The van der Waals surface area contributed by atoms with Crippen LogP contribution in [0.25, 0.3) is 0 Å². The van der Waals surface area contributed by atoms with Gasteiger partial charge < -0.3 is 10.2 Å². The van der Waals surface area contributed by atoms with Crippen LogP contribution in [0.5, 0.6) is 0 Å². The van der Waals surface area contributed by atoms with Crippen molar-refractivity contribution >= 4 is 11.5 Å². The first-order valence-corrected chi connectivity index (χ1v) is 5.75. The summed E-state index contributed by atoms with van der Waals surface area (Å²) in [4.78, 5) is 6.74. The highest BCUT2D eigenvalue weighted by Crippen LogP contribution is 2.32. The van der Waals surface area contributed by atoms with Crippen molar-refractivity contribution in [3.63, 3.8) is 0 Å². The Morgan fingerprint density at radius 3 is 2.93 bits per heavy atom. The smallest absolute Gasteiger partial charge is 0.127 e. The van der Waals surface area contributed by atoms with E-state index >= 15 is 0 Å². The number of nitrogens with zero attached hydrogens (tertiary/aromatic N) is 2. The van der Waals surface area contributed by atoms with Gasteiger partial charge >= 0.3 is 0 Å². The fourth-order valence-corrected chi connectivity index (χ4v) is 1.88. The zero-order valence-corrected chi connectivity index (χ0v) is 9.53. The third-order valence-electron chi connectivity index (χ3n) is 2.78. The molecule has 0 aromatic carbocycles. The van der Waals surface area contributed by atoms with E-state index in [9.17, 15) is 0 Å². The second kappa shape index (κ2) is 4.51. The van der Waals surface area contributed by atoms with Crippen LogP contribution in [0.4, 0.5) is 11.5 Å². The van der Waals surface area contributed by atoms with Crippen LogP contribution in [0, 0.1) is 0 Å². The van der Waals surface area contributed by atoms with Crippen LogP contribution in [0.1, 0.15) is 26.2 Å². The fraction of sp³-hybridized carbons (Fsp3) is 0.583. The highest BCUT2D eigenvalue weighted by Gasteiger charge is 2.28. The lowest BCUT2D eigenvalue weighted by Gasteiger charge is -2.24. The number of hydrogen-bond donors (Lipinski definition) is 1. The second-order valence-electron chi connectivity index (χ2n) is 4.07. The van der Waals surface area contributed by atoms with E-state index in [0.29, 0.717) is 0 Å². The number of hydrogen-bond acceptors (Lipinski definition) is 3. The molecule has 0 bridgehead atoms. The second-order valence-corrected chi connectivity index (χ2v) is 4.07. The molecule has 1 heterocycles. The summed E-state index contributed by atoms with van der Waals surface area (Å²) < 4.78 is 0. The van der Waals surface area contributed by atoms with Crippen LogP contribution >= 0.6 is 0 Å². The lowest BCUT2D eigenvalue weighted by Crippen LogP contribution is -2.26. The van der Waals surface area contributed by atoms with Crippen molar-refractivity contribution in [1.29, 1.82) is 0 Å². The van der Waals surface area contributed by atoms with Crippen LogP contribution < -0.4 is 10.2 Å². The van der Waals surface area contributed by atoms with Gasteiger partial charge in [0.05, 0.1) is 0 Å². The Balaban J connectivity index is 2.16. The molecule has 1 aromatic heterocycles. The molecule has 0 radical (unpaired) electrons. The summed E-state index contributed by atoms with van der Waals surface area (Å²) in [5, 5.41) is 3.09. The van der Waals surface area contributed by atoms with Gasteiger partial charge in [0.2, 0.25) is 0 Å². The van der Waals surface area contributed by atoms with Gasteiger partial charge in [-0.3, -0.25) is 0 Å². The van der Waals surface area contributed by atoms with Crippen molar-refractivity contribution in [2.45, 2.75) is 32.2 Å². The minimum Gasteiger partial charge on any atom is -0.373 e. The Labute approximate surface area is 91.5 Å². The topological polar surface area (TPSA) is 28.2 Å². The Morgan fingerprint density at radius 1 is 1.53 bits per heavy atom. The van der Waals surface area contributed by atoms with E-state index in [1.807, 2.05) is 13.2 Å². The molecule has 0 amide bonds. The van der Waals surface area contributed by atoms with E-state index in [-0.39, 0.29) is 0 Å². The Hall–Kier alpha value is -1.25. The lowest BCUT2D eigenvalue weighted by atomic mass is 10.3. The number of anilines is 2. The largest absolute Gasteiger partial charge is 0.373 e. The molecular formula is C12H19N3.